The van der Waals surface area contributed by atoms with Crippen molar-refractivity contribution in [1.82, 2.24) is 10.2 Å². The maximum atomic E-state index is 13.3. The molecule has 0 bridgehead atoms. The van der Waals surface area contributed by atoms with E-state index in [0.29, 0.717) is 10.8 Å². The summed E-state index contributed by atoms with van der Waals surface area (Å²) in [5.74, 6) is -0.362. The zero-order chi connectivity index (χ0) is 22.6. The number of amides is 1. The summed E-state index contributed by atoms with van der Waals surface area (Å²) in [5, 5.41) is 11.5. The second kappa shape index (κ2) is 9.40. The van der Waals surface area contributed by atoms with Crippen LogP contribution in [0.25, 0.3) is 10.6 Å². The number of hydrogen-bond donors (Lipinski definition) is 1. The van der Waals surface area contributed by atoms with Gasteiger partial charge >= 0.3 is 0 Å². The Hall–Kier alpha value is -3.05. The van der Waals surface area contributed by atoms with Crippen molar-refractivity contribution < 1.29 is 22.3 Å². The lowest BCUT2D eigenvalue weighted by atomic mass is 10.2. The van der Waals surface area contributed by atoms with Crippen LogP contribution in [0.4, 0.5) is 15.2 Å². The van der Waals surface area contributed by atoms with Gasteiger partial charge in [-0.05, 0) is 55.0 Å². The Morgan fingerprint density at radius 2 is 1.81 bits per heavy atom. The number of anilines is 2. The van der Waals surface area contributed by atoms with Crippen molar-refractivity contribution in [3.05, 3.63) is 54.3 Å². The van der Waals surface area contributed by atoms with Crippen LogP contribution in [0.2, 0.25) is 0 Å². The van der Waals surface area contributed by atoms with Gasteiger partial charge in [-0.2, -0.15) is 0 Å². The fourth-order valence-electron chi connectivity index (χ4n) is 2.96. The van der Waals surface area contributed by atoms with Gasteiger partial charge < -0.3 is 4.74 Å². The molecule has 0 saturated carbocycles. The van der Waals surface area contributed by atoms with E-state index < -0.39 is 27.8 Å². The molecule has 2 aromatic carbocycles. The highest BCUT2D eigenvalue weighted by molar-refractivity contribution is 7.92. The Morgan fingerprint density at radius 1 is 1.16 bits per heavy atom. The molecule has 164 valence electrons. The van der Waals surface area contributed by atoms with Crippen LogP contribution in [-0.4, -0.2) is 43.9 Å². The van der Waals surface area contributed by atoms with Crippen molar-refractivity contribution in [2.45, 2.75) is 19.4 Å². The number of methoxy groups -OCH3 is 1. The number of halogens is 1. The molecular formula is C20H21FN4O4S2. The molecule has 3 aromatic rings. The third-order valence-electron chi connectivity index (χ3n) is 4.40. The van der Waals surface area contributed by atoms with Crippen LogP contribution in [0, 0.1) is 5.82 Å². The van der Waals surface area contributed by atoms with Gasteiger partial charge in [0.1, 0.15) is 22.6 Å². The fourth-order valence-corrected chi connectivity index (χ4v) is 4.92. The number of benzene rings is 2. The Labute approximate surface area is 183 Å². The first kappa shape index (κ1) is 22.6. The molecule has 1 aromatic heterocycles. The van der Waals surface area contributed by atoms with Crippen LogP contribution in [0.1, 0.15) is 13.3 Å². The van der Waals surface area contributed by atoms with Crippen LogP contribution in [-0.2, 0) is 14.8 Å². The largest absolute Gasteiger partial charge is 0.497 e. The van der Waals surface area contributed by atoms with Gasteiger partial charge in [-0.25, -0.2) is 12.8 Å². The summed E-state index contributed by atoms with van der Waals surface area (Å²) < 4.78 is 44.3. The SMILES string of the molecule is CC[C@H](C(=O)Nc1nnc(-c2ccc(OC)cc2)s1)N(c1ccc(F)cc1)S(C)(=O)=O. The van der Waals surface area contributed by atoms with E-state index in [2.05, 4.69) is 15.5 Å². The fraction of sp³-hybridized carbons (Fsp3) is 0.250. The summed E-state index contributed by atoms with van der Waals surface area (Å²) in [5.41, 5.74) is 0.997. The summed E-state index contributed by atoms with van der Waals surface area (Å²) >= 11 is 1.16. The molecule has 0 saturated heterocycles. The van der Waals surface area contributed by atoms with Crippen LogP contribution in [0.15, 0.2) is 48.5 Å². The van der Waals surface area contributed by atoms with E-state index in [9.17, 15) is 17.6 Å². The average Bonchev–Trinajstić information content (AvgIpc) is 3.20. The highest BCUT2D eigenvalue weighted by Gasteiger charge is 2.32. The standard InChI is InChI=1S/C20H21FN4O4S2/c1-4-17(25(31(3,27)28)15-9-7-14(21)8-10-15)18(26)22-20-24-23-19(30-20)13-5-11-16(29-2)12-6-13/h5-12,17H,4H2,1-3H3,(H,22,24,26)/t17-/m1/s1. The third-order valence-corrected chi connectivity index (χ3v) is 6.47. The number of carbonyl (C=O) groups excluding carboxylic acids is 1. The van der Waals surface area contributed by atoms with Gasteiger partial charge in [-0.15, -0.1) is 10.2 Å². The molecule has 1 amide bonds. The number of nitrogens with one attached hydrogen (secondary N) is 1. The first-order valence-electron chi connectivity index (χ1n) is 9.26. The first-order chi connectivity index (χ1) is 14.7. The lowest BCUT2D eigenvalue weighted by molar-refractivity contribution is -0.117. The molecule has 31 heavy (non-hydrogen) atoms. The number of hydrogen-bond acceptors (Lipinski definition) is 7. The molecule has 0 aliphatic carbocycles. The van der Waals surface area contributed by atoms with E-state index >= 15 is 0 Å². The predicted octanol–water partition coefficient (Wildman–Crippen LogP) is 3.54. The average molecular weight is 465 g/mol. The summed E-state index contributed by atoms with van der Waals surface area (Å²) in [6, 6.07) is 11.1. The molecule has 1 N–H and O–H groups in total. The van der Waals surface area contributed by atoms with Crippen molar-refractivity contribution in [3.63, 3.8) is 0 Å². The minimum atomic E-state index is -3.82. The van der Waals surface area contributed by atoms with Gasteiger partial charge in [0.15, 0.2) is 0 Å². The van der Waals surface area contributed by atoms with Gasteiger partial charge in [-0.3, -0.25) is 14.4 Å². The van der Waals surface area contributed by atoms with Crippen LogP contribution in [0.5, 0.6) is 5.75 Å². The van der Waals surface area contributed by atoms with E-state index in [4.69, 9.17) is 4.74 Å². The number of aromatic nitrogens is 2. The van der Waals surface area contributed by atoms with Gasteiger partial charge in [0.05, 0.1) is 19.1 Å². The molecule has 0 fully saturated rings. The molecule has 0 unspecified atom stereocenters. The van der Waals surface area contributed by atoms with Gasteiger partial charge in [0, 0.05) is 5.56 Å². The smallest absolute Gasteiger partial charge is 0.250 e. The quantitative estimate of drug-likeness (QED) is 0.547. The summed E-state index contributed by atoms with van der Waals surface area (Å²) in [6.07, 6.45) is 1.19. The molecule has 0 aliphatic heterocycles. The minimum Gasteiger partial charge on any atom is -0.497 e. The molecule has 0 aliphatic rings. The van der Waals surface area contributed by atoms with Crippen LogP contribution < -0.4 is 14.4 Å². The number of nitrogens with zero attached hydrogens (tertiary/aromatic N) is 3. The van der Waals surface area contributed by atoms with Crippen molar-refractivity contribution in [2.24, 2.45) is 0 Å². The van der Waals surface area contributed by atoms with Gasteiger partial charge in [-0.1, -0.05) is 18.3 Å². The van der Waals surface area contributed by atoms with Gasteiger partial charge in [0.25, 0.3) is 0 Å². The zero-order valence-corrected chi connectivity index (χ0v) is 18.7. The number of rotatable bonds is 8. The highest BCUT2D eigenvalue weighted by atomic mass is 32.2. The molecule has 0 radical (unpaired) electrons. The lowest BCUT2D eigenvalue weighted by Crippen LogP contribution is -2.47. The monoisotopic (exact) mass is 464 g/mol. The highest BCUT2D eigenvalue weighted by Crippen LogP contribution is 2.29. The molecule has 0 spiro atoms. The molecule has 11 heteroatoms. The molecule has 3 rings (SSSR count). The molecule has 8 nitrogen and oxygen atoms in total. The zero-order valence-electron chi connectivity index (χ0n) is 17.1. The van der Waals surface area contributed by atoms with E-state index in [1.54, 1.807) is 26.2 Å². The summed E-state index contributed by atoms with van der Waals surface area (Å²) in [6.45, 7) is 1.69. The maximum Gasteiger partial charge on any atom is 0.250 e. The Balaban J connectivity index is 1.82. The van der Waals surface area contributed by atoms with E-state index in [-0.39, 0.29) is 17.2 Å². The van der Waals surface area contributed by atoms with Crippen molar-refractivity contribution in [3.8, 4) is 16.3 Å². The second-order valence-corrected chi connectivity index (χ2v) is 9.43. The molecule has 1 heterocycles. The van der Waals surface area contributed by atoms with E-state index in [1.165, 1.54) is 12.1 Å². The number of sulfonamides is 1. The van der Waals surface area contributed by atoms with E-state index in [1.807, 2.05) is 12.1 Å². The van der Waals surface area contributed by atoms with E-state index in [0.717, 1.165) is 39.6 Å². The second-order valence-electron chi connectivity index (χ2n) is 6.59. The maximum absolute atomic E-state index is 13.3. The summed E-state index contributed by atoms with van der Waals surface area (Å²) in [4.78, 5) is 12.9. The normalized spacial score (nSPS) is 12.3. The third kappa shape index (κ3) is 5.36. The topological polar surface area (TPSA) is 101 Å². The minimum absolute atomic E-state index is 0.195. The number of carbonyl (C=O) groups is 1. The summed E-state index contributed by atoms with van der Waals surface area (Å²) in [7, 11) is -2.25. The van der Waals surface area contributed by atoms with Crippen molar-refractivity contribution in [1.29, 1.82) is 0 Å². The van der Waals surface area contributed by atoms with Crippen molar-refractivity contribution in [2.75, 3.05) is 23.0 Å². The number of ether oxygens (including phenoxy) is 1. The van der Waals surface area contributed by atoms with Gasteiger partial charge in [0.2, 0.25) is 21.1 Å². The molecule has 1 atom stereocenters. The Bertz CT molecular complexity index is 1150. The first-order valence-corrected chi connectivity index (χ1v) is 11.9. The van der Waals surface area contributed by atoms with Crippen LogP contribution >= 0.6 is 11.3 Å². The van der Waals surface area contributed by atoms with Crippen LogP contribution in [0.3, 0.4) is 0 Å². The van der Waals surface area contributed by atoms with Crippen molar-refractivity contribution >= 4 is 38.1 Å². The lowest BCUT2D eigenvalue weighted by Gasteiger charge is -2.29. The molecular weight excluding hydrogens is 443 g/mol. The Morgan fingerprint density at radius 3 is 2.35 bits per heavy atom. The predicted molar refractivity (Wildman–Crippen MR) is 118 cm³/mol. The Kier molecular flexibility index (Phi) is 6.86.